The number of benzene rings is 1. The topological polar surface area (TPSA) is 95.5 Å². The van der Waals surface area contributed by atoms with E-state index in [1.54, 1.807) is 0 Å². The highest BCUT2D eigenvalue weighted by molar-refractivity contribution is 7.89. The molecule has 0 saturated heterocycles. The van der Waals surface area contributed by atoms with Gasteiger partial charge in [0, 0.05) is 12.6 Å². The van der Waals surface area contributed by atoms with Gasteiger partial charge in [-0.3, -0.25) is 4.79 Å². The number of hydrogen-bond acceptors (Lipinski definition) is 4. The van der Waals surface area contributed by atoms with E-state index in [0.717, 1.165) is 12.8 Å². The smallest absolute Gasteiger partial charge is 0.241 e. The molecular weight excluding hydrogens is 292 g/mol. The molecule has 21 heavy (non-hydrogen) atoms. The number of carbonyl (C=O) groups excluding carboxylic acids is 1. The third-order valence-corrected chi connectivity index (χ3v) is 5.29. The maximum absolute atomic E-state index is 12.4. The summed E-state index contributed by atoms with van der Waals surface area (Å²) in [5.74, 6) is -0.214. The molecule has 1 saturated carbocycles. The van der Waals surface area contributed by atoms with Crippen LogP contribution in [0.25, 0.3) is 0 Å². The van der Waals surface area contributed by atoms with Crippen molar-refractivity contribution in [3.05, 3.63) is 24.3 Å². The van der Waals surface area contributed by atoms with Crippen LogP contribution in [0.15, 0.2) is 29.2 Å². The van der Waals surface area contributed by atoms with E-state index in [0.29, 0.717) is 18.5 Å². The highest BCUT2D eigenvalue weighted by Gasteiger charge is 2.37. The number of amides is 1. The molecular formula is C14H20N2O4S. The Hall–Kier alpha value is -1.44. The van der Waals surface area contributed by atoms with Crippen molar-refractivity contribution in [3.8, 4) is 0 Å². The van der Waals surface area contributed by atoms with E-state index in [4.69, 9.17) is 0 Å². The first-order valence-corrected chi connectivity index (χ1v) is 8.38. The molecule has 6 nitrogen and oxygen atoms in total. The monoisotopic (exact) mass is 312 g/mol. The van der Waals surface area contributed by atoms with Crippen molar-refractivity contribution >= 4 is 21.6 Å². The largest absolute Gasteiger partial charge is 0.394 e. The van der Waals surface area contributed by atoms with Crippen molar-refractivity contribution < 1.29 is 18.3 Å². The average Bonchev–Trinajstić information content (AvgIpc) is 2.87. The molecule has 1 amide bonds. The lowest BCUT2D eigenvalue weighted by Gasteiger charge is -2.27. The standard InChI is InChI=1S/C14H20N2O4S/c1-11(18)15-12-4-6-13(7-5-12)21(19,20)16-14(10-17)8-2-3-9-14/h4-7,16-17H,2-3,8-10H2,1H3,(H,15,18). The molecule has 0 aromatic heterocycles. The maximum atomic E-state index is 12.4. The number of carbonyl (C=O) groups is 1. The van der Waals surface area contributed by atoms with Gasteiger partial charge < -0.3 is 10.4 Å². The molecule has 1 aromatic rings. The van der Waals surface area contributed by atoms with E-state index >= 15 is 0 Å². The lowest BCUT2D eigenvalue weighted by molar-refractivity contribution is -0.114. The fourth-order valence-electron chi connectivity index (χ4n) is 2.61. The molecule has 0 radical (unpaired) electrons. The van der Waals surface area contributed by atoms with Gasteiger partial charge in [0.1, 0.15) is 0 Å². The number of nitrogens with one attached hydrogen (secondary N) is 2. The molecule has 1 fully saturated rings. The molecule has 0 heterocycles. The predicted molar refractivity (Wildman–Crippen MR) is 79.4 cm³/mol. The van der Waals surface area contributed by atoms with E-state index in [2.05, 4.69) is 10.0 Å². The zero-order valence-electron chi connectivity index (χ0n) is 11.9. The van der Waals surface area contributed by atoms with Gasteiger partial charge in [-0.2, -0.15) is 0 Å². The third-order valence-electron chi connectivity index (χ3n) is 3.70. The first-order valence-electron chi connectivity index (χ1n) is 6.89. The van der Waals surface area contributed by atoms with Crippen molar-refractivity contribution in [2.75, 3.05) is 11.9 Å². The van der Waals surface area contributed by atoms with Crippen molar-refractivity contribution in [2.24, 2.45) is 0 Å². The van der Waals surface area contributed by atoms with Gasteiger partial charge >= 0.3 is 0 Å². The number of aliphatic hydroxyl groups excluding tert-OH is 1. The zero-order chi connectivity index (χ0) is 15.5. The molecule has 3 N–H and O–H groups in total. The van der Waals surface area contributed by atoms with Gasteiger partial charge in [0.25, 0.3) is 0 Å². The summed E-state index contributed by atoms with van der Waals surface area (Å²) in [6.07, 6.45) is 3.11. The molecule has 0 aliphatic heterocycles. The molecule has 1 aliphatic carbocycles. The van der Waals surface area contributed by atoms with Crippen molar-refractivity contribution in [2.45, 2.75) is 43.0 Å². The first-order chi connectivity index (χ1) is 9.87. The fourth-order valence-corrected chi connectivity index (χ4v) is 4.06. The van der Waals surface area contributed by atoms with Gasteiger partial charge in [0.2, 0.25) is 15.9 Å². The molecule has 2 rings (SSSR count). The Balaban J connectivity index is 2.17. The fraction of sp³-hybridized carbons (Fsp3) is 0.500. The van der Waals surface area contributed by atoms with Crippen molar-refractivity contribution in [1.82, 2.24) is 4.72 Å². The Morgan fingerprint density at radius 3 is 2.29 bits per heavy atom. The van der Waals surface area contributed by atoms with Crippen LogP contribution in [0.4, 0.5) is 5.69 Å². The van der Waals surface area contributed by atoms with Crippen molar-refractivity contribution in [1.29, 1.82) is 0 Å². The van der Waals surface area contributed by atoms with E-state index < -0.39 is 15.6 Å². The molecule has 0 bridgehead atoms. The van der Waals surface area contributed by atoms with E-state index in [9.17, 15) is 18.3 Å². The highest BCUT2D eigenvalue weighted by Crippen LogP contribution is 2.31. The van der Waals surface area contributed by atoms with Crippen LogP contribution in [-0.2, 0) is 14.8 Å². The van der Waals surface area contributed by atoms with Crippen LogP contribution in [0.2, 0.25) is 0 Å². The summed E-state index contributed by atoms with van der Waals surface area (Å²) in [6, 6.07) is 5.95. The van der Waals surface area contributed by atoms with Gasteiger partial charge in [0.15, 0.2) is 0 Å². The SMILES string of the molecule is CC(=O)Nc1ccc(S(=O)(=O)NC2(CO)CCCC2)cc1. The lowest BCUT2D eigenvalue weighted by atomic mass is 10.0. The summed E-state index contributed by atoms with van der Waals surface area (Å²) >= 11 is 0. The van der Waals surface area contributed by atoms with Crippen LogP contribution < -0.4 is 10.0 Å². The van der Waals surface area contributed by atoms with Crippen molar-refractivity contribution in [3.63, 3.8) is 0 Å². The molecule has 0 spiro atoms. The van der Waals surface area contributed by atoms with Crippen LogP contribution in [0.3, 0.4) is 0 Å². The molecule has 1 aliphatic rings. The summed E-state index contributed by atoms with van der Waals surface area (Å²) in [4.78, 5) is 11.1. The molecule has 1 aromatic carbocycles. The Morgan fingerprint density at radius 1 is 1.24 bits per heavy atom. The van der Waals surface area contributed by atoms with E-state index in [1.165, 1.54) is 31.2 Å². The van der Waals surface area contributed by atoms with Crippen LogP contribution in [0.1, 0.15) is 32.6 Å². The summed E-state index contributed by atoms with van der Waals surface area (Å²) in [6.45, 7) is 1.19. The van der Waals surface area contributed by atoms with Crippen LogP contribution in [-0.4, -0.2) is 31.6 Å². The Kier molecular flexibility index (Phi) is 4.65. The average molecular weight is 312 g/mol. The van der Waals surface area contributed by atoms with E-state index in [-0.39, 0.29) is 17.4 Å². The minimum absolute atomic E-state index is 0.122. The number of aliphatic hydroxyl groups is 1. The summed E-state index contributed by atoms with van der Waals surface area (Å²) in [5.41, 5.74) is -0.200. The van der Waals surface area contributed by atoms with Crippen LogP contribution in [0, 0.1) is 0 Å². The van der Waals surface area contributed by atoms with Gasteiger partial charge in [-0.05, 0) is 37.1 Å². The quantitative estimate of drug-likeness (QED) is 0.762. The minimum Gasteiger partial charge on any atom is -0.394 e. The number of rotatable bonds is 5. The number of sulfonamides is 1. The van der Waals surface area contributed by atoms with Gasteiger partial charge in [-0.1, -0.05) is 12.8 Å². The molecule has 0 unspecified atom stereocenters. The second kappa shape index (κ2) is 6.13. The Labute approximate surface area is 124 Å². The summed E-state index contributed by atoms with van der Waals surface area (Å²) < 4.78 is 27.4. The first kappa shape index (κ1) is 15.9. The zero-order valence-corrected chi connectivity index (χ0v) is 12.7. The maximum Gasteiger partial charge on any atom is 0.241 e. The third kappa shape index (κ3) is 3.81. The van der Waals surface area contributed by atoms with Gasteiger partial charge in [0.05, 0.1) is 17.0 Å². The Bertz CT molecular complexity index is 604. The minimum atomic E-state index is -3.68. The normalized spacial score (nSPS) is 17.6. The number of anilines is 1. The van der Waals surface area contributed by atoms with Gasteiger partial charge in [-0.25, -0.2) is 13.1 Å². The molecule has 0 atom stereocenters. The van der Waals surface area contributed by atoms with Crippen LogP contribution >= 0.6 is 0 Å². The molecule has 7 heteroatoms. The van der Waals surface area contributed by atoms with Crippen LogP contribution in [0.5, 0.6) is 0 Å². The Morgan fingerprint density at radius 2 is 1.81 bits per heavy atom. The summed E-state index contributed by atoms with van der Waals surface area (Å²) in [5, 5.41) is 12.1. The predicted octanol–water partition coefficient (Wildman–Crippen LogP) is 1.23. The molecule has 116 valence electrons. The highest BCUT2D eigenvalue weighted by atomic mass is 32.2. The summed E-state index contributed by atoms with van der Waals surface area (Å²) in [7, 11) is -3.68. The van der Waals surface area contributed by atoms with Gasteiger partial charge in [-0.15, -0.1) is 0 Å². The van der Waals surface area contributed by atoms with E-state index in [1.807, 2.05) is 0 Å². The lowest BCUT2D eigenvalue weighted by Crippen LogP contribution is -2.49. The second-order valence-corrected chi connectivity index (χ2v) is 7.14. The number of hydrogen-bond donors (Lipinski definition) is 3. The second-order valence-electron chi connectivity index (χ2n) is 5.46.